The highest BCUT2D eigenvalue weighted by molar-refractivity contribution is 9.10. The highest BCUT2D eigenvalue weighted by Gasteiger charge is 2.05. The Balaban J connectivity index is 1.85. The third kappa shape index (κ3) is 3.59. The predicted molar refractivity (Wildman–Crippen MR) is 68.7 cm³/mol. The van der Waals surface area contributed by atoms with Crippen LogP contribution in [-0.4, -0.2) is 6.03 Å². The maximum Gasteiger partial charge on any atom is 0.321 e. The number of anilines is 1. The first-order valence-corrected chi connectivity index (χ1v) is 5.97. The molecule has 6 heteroatoms. The van der Waals surface area contributed by atoms with Crippen molar-refractivity contribution in [3.63, 3.8) is 0 Å². The van der Waals surface area contributed by atoms with Crippen LogP contribution in [0.15, 0.2) is 45.5 Å². The number of halogens is 2. The number of urea groups is 1. The van der Waals surface area contributed by atoms with Crippen molar-refractivity contribution >= 4 is 27.8 Å². The van der Waals surface area contributed by atoms with E-state index >= 15 is 0 Å². The van der Waals surface area contributed by atoms with Crippen molar-refractivity contribution in [2.45, 2.75) is 6.54 Å². The van der Waals surface area contributed by atoms with Crippen LogP contribution in [0.4, 0.5) is 15.1 Å². The Kier molecular flexibility index (Phi) is 3.99. The lowest BCUT2D eigenvalue weighted by Crippen LogP contribution is -2.27. The molecule has 0 aliphatic carbocycles. The monoisotopic (exact) mass is 312 g/mol. The van der Waals surface area contributed by atoms with E-state index in [1.54, 1.807) is 24.3 Å². The maximum absolute atomic E-state index is 12.9. The number of amides is 2. The van der Waals surface area contributed by atoms with Gasteiger partial charge in [-0.2, -0.15) is 0 Å². The summed E-state index contributed by atoms with van der Waals surface area (Å²) in [6.07, 6.45) is 0. The summed E-state index contributed by atoms with van der Waals surface area (Å²) in [6, 6.07) is 8.91. The first kappa shape index (κ1) is 12.6. The number of carbonyl (C=O) groups is 1. The molecule has 2 N–H and O–H groups in total. The van der Waals surface area contributed by atoms with E-state index < -0.39 is 6.03 Å². The minimum Gasteiger partial charge on any atom is -0.434 e. The van der Waals surface area contributed by atoms with Gasteiger partial charge in [0, 0.05) is 12.6 Å². The Morgan fingerprint density at radius 1 is 1.33 bits per heavy atom. The summed E-state index contributed by atoms with van der Waals surface area (Å²) in [7, 11) is 0. The molecule has 0 fully saturated rings. The fraction of sp³-hybridized carbons (Fsp3) is 0.0833. The molecule has 2 amide bonds. The molecule has 0 atom stereocenters. The van der Waals surface area contributed by atoms with Gasteiger partial charge in [-0.15, -0.1) is 0 Å². The zero-order valence-corrected chi connectivity index (χ0v) is 10.8. The molecule has 0 saturated carbocycles. The molecule has 0 radical (unpaired) electrons. The van der Waals surface area contributed by atoms with Gasteiger partial charge in [0.2, 0.25) is 5.88 Å². The lowest BCUT2D eigenvalue weighted by molar-refractivity contribution is 0.251. The largest absolute Gasteiger partial charge is 0.434 e. The smallest absolute Gasteiger partial charge is 0.321 e. The van der Waals surface area contributed by atoms with E-state index in [1.807, 2.05) is 0 Å². The highest BCUT2D eigenvalue weighted by Crippen LogP contribution is 2.17. The van der Waals surface area contributed by atoms with Crippen LogP contribution in [0.3, 0.4) is 0 Å². The van der Waals surface area contributed by atoms with Gasteiger partial charge >= 0.3 is 6.03 Å². The van der Waals surface area contributed by atoms with Gasteiger partial charge in [0.1, 0.15) is 5.82 Å². The minimum absolute atomic E-state index is 0.242. The molecule has 0 unspecified atom stereocenters. The first-order chi connectivity index (χ1) is 8.63. The van der Waals surface area contributed by atoms with Crippen LogP contribution < -0.4 is 10.6 Å². The standard InChI is InChI=1S/C12H10BrFN2O2/c13-10-4-5-11(18-10)16-12(17)15-7-8-2-1-3-9(14)6-8/h1-6H,7H2,(H2,15,16,17). The van der Waals surface area contributed by atoms with E-state index in [0.717, 1.165) is 0 Å². The van der Waals surface area contributed by atoms with Crippen LogP contribution in [0.2, 0.25) is 0 Å². The number of carbonyl (C=O) groups excluding carboxylic acids is 1. The molecule has 0 saturated heterocycles. The predicted octanol–water partition coefficient (Wildman–Crippen LogP) is 3.50. The second-order valence-corrected chi connectivity index (χ2v) is 4.32. The average molecular weight is 313 g/mol. The molecule has 0 aliphatic heterocycles. The van der Waals surface area contributed by atoms with Crippen molar-refractivity contribution in [1.82, 2.24) is 5.32 Å². The van der Waals surface area contributed by atoms with Gasteiger partial charge in [-0.25, -0.2) is 9.18 Å². The SMILES string of the molecule is O=C(NCc1cccc(F)c1)Nc1ccc(Br)o1. The summed E-state index contributed by atoms with van der Waals surface area (Å²) in [6.45, 7) is 0.242. The van der Waals surface area contributed by atoms with Gasteiger partial charge in [-0.3, -0.25) is 5.32 Å². The van der Waals surface area contributed by atoms with Crippen molar-refractivity contribution in [2.75, 3.05) is 5.32 Å². The molecule has 0 aliphatic rings. The van der Waals surface area contributed by atoms with Gasteiger partial charge in [0.25, 0.3) is 0 Å². The van der Waals surface area contributed by atoms with E-state index in [-0.39, 0.29) is 12.4 Å². The lowest BCUT2D eigenvalue weighted by Gasteiger charge is -2.05. The van der Waals surface area contributed by atoms with Gasteiger partial charge < -0.3 is 9.73 Å². The number of benzene rings is 1. The molecule has 1 aromatic heterocycles. The summed E-state index contributed by atoms with van der Waals surface area (Å²) in [5.41, 5.74) is 0.686. The van der Waals surface area contributed by atoms with E-state index in [0.29, 0.717) is 16.1 Å². The quantitative estimate of drug-likeness (QED) is 0.911. The Labute approximate surface area is 111 Å². The third-order valence-electron chi connectivity index (χ3n) is 2.15. The molecule has 4 nitrogen and oxygen atoms in total. The van der Waals surface area contributed by atoms with Crippen molar-refractivity contribution in [1.29, 1.82) is 0 Å². The Hall–Kier alpha value is -1.82. The summed E-state index contributed by atoms with van der Waals surface area (Å²) in [4.78, 5) is 11.5. The zero-order valence-electron chi connectivity index (χ0n) is 9.24. The lowest BCUT2D eigenvalue weighted by atomic mass is 10.2. The molecule has 1 aromatic carbocycles. The fourth-order valence-electron chi connectivity index (χ4n) is 1.37. The van der Waals surface area contributed by atoms with Crippen LogP contribution in [0.25, 0.3) is 0 Å². The van der Waals surface area contributed by atoms with Crippen molar-refractivity contribution < 1.29 is 13.6 Å². The Bertz CT molecular complexity index is 557. The highest BCUT2D eigenvalue weighted by atomic mass is 79.9. The first-order valence-electron chi connectivity index (χ1n) is 5.18. The molecule has 0 bridgehead atoms. The van der Waals surface area contributed by atoms with Crippen LogP contribution in [0, 0.1) is 5.82 Å². The van der Waals surface area contributed by atoms with Crippen LogP contribution in [0.5, 0.6) is 0 Å². The second kappa shape index (κ2) is 5.68. The molecule has 18 heavy (non-hydrogen) atoms. The molecule has 2 aromatic rings. The van der Waals surface area contributed by atoms with E-state index in [4.69, 9.17) is 4.42 Å². The van der Waals surface area contributed by atoms with Crippen LogP contribution >= 0.6 is 15.9 Å². The van der Waals surface area contributed by atoms with E-state index in [2.05, 4.69) is 26.6 Å². The van der Waals surface area contributed by atoms with Crippen molar-refractivity contribution in [3.8, 4) is 0 Å². The number of nitrogens with one attached hydrogen (secondary N) is 2. The minimum atomic E-state index is -0.416. The maximum atomic E-state index is 12.9. The van der Waals surface area contributed by atoms with Crippen molar-refractivity contribution in [3.05, 3.63) is 52.4 Å². The number of hydrogen-bond donors (Lipinski definition) is 2. The molecule has 1 heterocycles. The number of furan rings is 1. The fourth-order valence-corrected chi connectivity index (χ4v) is 1.67. The molecule has 2 rings (SSSR count). The Morgan fingerprint density at radius 2 is 2.17 bits per heavy atom. The second-order valence-electron chi connectivity index (χ2n) is 3.54. The summed E-state index contributed by atoms with van der Waals surface area (Å²) in [5, 5.41) is 5.10. The van der Waals surface area contributed by atoms with Gasteiger partial charge in [-0.05, 0) is 39.7 Å². The third-order valence-corrected chi connectivity index (χ3v) is 2.58. The Morgan fingerprint density at radius 3 is 2.83 bits per heavy atom. The molecule has 94 valence electrons. The van der Waals surface area contributed by atoms with Gasteiger partial charge in [0.15, 0.2) is 4.67 Å². The summed E-state index contributed by atoms with van der Waals surface area (Å²) < 4.78 is 18.5. The van der Waals surface area contributed by atoms with Gasteiger partial charge in [-0.1, -0.05) is 12.1 Å². The topological polar surface area (TPSA) is 54.3 Å². The summed E-state index contributed by atoms with van der Waals surface area (Å²) >= 11 is 3.13. The number of rotatable bonds is 3. The average Bonchev–Trinajstić information content (AvgIpc) is 2.72. The van der Waals surface area contributed by atoms with Crippen LogP contribution in [0.1, 0.15) is 5.56 Å². The van der Waals surface area contributed by atoms with Gasteiger partial charge in [0.05, 0.1) is 0 Å². The number of hydrogen-bond acceptors (Lipinski definition) is 2. The van der Waals surface area contributed by atoms with Crippen molar-refractivity contribution in [2.24, 2.45) is 0 Å². The summed E-state index contributed by atoms with van der Waals surface area (Å²) in [5.74, 6) is 0.00305. The van der Waals surface area contributed by atoms with E-state index in [1.165, 1.54) is 12.1 Å². The molecule has 0 spiro atoms. The normalized spacial score (nSPS) is 10.1. The van der Waals surface area contributed by atoms with Crippen LogP contribution in [-0.2, 0) is 6.54 Å². The molecular weight excluding hydrogens is 303 g/mol. The van der Waals surface area contributed by atoms with E-state index in [9.17, 15) is 9.18 Å². The molecular formula is C12H10BrFN2O2. The zero-order chi connectivity index (χ0) is 13.0.